The van der Waals surface area contributed by atoms with E-state index in [2.05, 4.69) is 10.00 Å². The van der Waals surface area contributed by atoms with E-state index in [1.807, 2.05) is 26.5 Å². The van der Waals surface area contributed by atoms with Crippen LogP contribution < -0.4 is 4.74 Å². The number of rotatable bonds is 6. The number of benzene rings is 1. The number of hydrogen-bond acceptors (Lipinski definition) is 3. The highest BCUT2D eigenvalue weighted by Gasteiger charge is 2.06. The molecule has 1 aromatic heterocycles. The third-order valence-electron chi connectivity index (χ3n) is 3.21. The van der Waals surface area contributed by atoms with E-state index in [9.17, 15) is 4.39 Å². The fourth-order valence-electron chi connectivity index (χ4n) is 2.11. The van der Waals surface area contributed by atoms with Gasteiger partial charge in [-0.15, -0.1) is 0 Å². The molecule has 5 heteroatoms. The SMILES string of the molecule is COc1cc(CN(C)CCc2cnn(C)c2)ccc1F. The molecular weight excluding hydrogens is 257 g/mol. The maximum absolute atomic E-state index is 13.3. The second-order valence-electron chi connectivity index (χ2n) is 4.98. The molecule has 0 radical (unpaired) electrons. The zero-order chi connectivity index (χ0) is 14.5. The van der Waals surface area contributed by atoms with E-state index in [0.717, 1.165) is 25.1 Å². The summed E-state index contributed by atoms with van der Waals surface area (Å²) in [4.78, 5) is 2.19. The molecule has 0 N–H and O–H groups in total. The van der Waals surface area contributed by atoms with Crippen LogP contribution in [0.2, 0.25) is 0 Å². The molecule has 2 rings (SSSR count). The van der Waals surface area contributed by atoms with Crippen LogP contribution in [0, 0.1) is 5.82 Å². The molecule has 0 fully saturated rings. The zero-order valence-electron chi connectivity index (χ0n) is 12.1. The molecule has 0 aliphatic heterocycles. The molecule has 0 unspecified atom stereocenters. The lowest BCUT2D eigenvalue weighted by Crippen LogP contribution is -2.20. The summed E-state index contributed by atoms with van der Waals surface area (Å²) in [6, 6.07) is 4.98. The Morgan fingerprint density at radius 3 is 2.80 bits per heavy atom. The highest BCUT2D eigenvalue weighted by atomic mass is 19.1. The maximum Gasteiger partial charge on any atom is 0.165 e. The number of aryl methyl sites for hydroxylation is 1. The Morgan fingerprint density at radius 1 is 1.35 bits per heavy atom. The molecule has 0 saturated heterocycles. The second kappa shape index (κ2) is 6.52. The van der Waals surface area contributed by atoms with Crippen molar-refractivity contribution in [1.29, 1.82) is 0 Å². The van der Waals surface area contributed by atoms with Crippen LogP contribution in [0.5, 0.6) is 5.75 Å². The lowest BCUT2D eigenvalue weighted by atomic mass is 10.2. The summed E-state index contributed by atoms with van der Waals surface area (Å²) in [6.07, 6.45) is 4.85. The van der Waals surface area contributed by atoms with Crippen LogP contribution in [0.15, 0.2) is 30.6 Å². The van der Waals surface area contributed by atoms with Gasteiger partial charge in [-0.05, 0) is 36.7 Å². The first kappa shape index (κ1) is 14.5. The van der Waals surface area contributed by atoms with Crippen LogP contribution in [-0.4, -0.2) is 35.4 Å². The number of aromatic nitrogens is 2. The fourth-order valence-corrected chi connectivity index (χ4v) is 2.11. The molecule has 0 amide bonds. The van der Waals surface area contributed by atoms with Crippen LogP contribution in [0.4, 0.5) is 4.39 Å². The van der Waals surface area contributed by atoms with Crippen LogP contribution in [0.1, 0.15) is 11.1 Å². The maximum atomic E-state index is 13.3. The summed E-state index contributed by atoms with van der Waals surface area (Å²) >= 11 is 0. The van der Waals surface area contributed by atoms with E-state index in [1.54, 1.807) is 16.8 Å². The van der Waals surface area contributed by atoms with Gasteiger partial charge in [0.05, 0.1) is 13.3 Å². The fraction of sp³-hybridized carbons (Fsp3) is 0.400. The molecular formula is C15H20FN3O. The van der Waals surface area contributed by atoms with Crippen molar-refractivity contribution in [2.75, 3.05) is 20.7 Å². The van der Waals surface area contributed by atoms with Crippen molar-refractivity contribution < 1.29 is 9.13 Å². The van der Waals surface area contributed by atoms with Crippen LogP contribution in [0.3, 0.4) is 0 Å². The highest BCUT2D eigenvalue weighted by Crippen LogP contribution is 2.19. The highest BCUT2D eigenvalue weighted by molar-refractivity contribution is 5.30. The zero-order valence-corrected chi connectivity index (χ0v) is 12.1. The molecule has 2 aromatic rings. The molecule has 4 nitrogen and oxygen atoms in total. The largest absolute Gasteiger partial charge is 0.494 e. The molecule has 0 atom stereocenters. The summed E-state index contributed by atoms with van der Waals surface area (Å²) < 4.78 is 20.1. The van der Waals surface area contributed by atoms with Crippen molar-refractivity contribution in [3.63, 3.8) is 0 Å². The summed E-state index contributed by atoms with van der Waals surface area (Å²) in [5, 5.41) is 4.15. The van der Waals surface area contributed by atoms with Gasteiger partial charge in [-0.25, -0.2) is 4.39 Å². The molecule has 1 aromatic carbocycles. The van der Waals surface area contributed by atoms with Gasteiger partial charge in [0, 0.05) is 26.3 Å². The molecule has 108 valence electrons. The van der Waals surface area contributed by atoms with E-state index in [1.165, 1.54) is 18.7 Å². The lowest BCUT2D eigenvalue weighted by molar-refractivity contribution is 0.329. The Labute approximate surface area is 118 Å². The Balaban J connectivity index is 1.89. The molecule has 0 saturated carbocycles. The number of ether oxygens (including phenoxy) is 1. The Bertz CT molecular complexity index is 568. The minimum atomic E-state index is -0.325. The summed E-state index contributed by atoms with van der Waals surface area (Å²) in [6.45, 7) is 1.68. The lowest BCUT2D eigenvalue weighted by Gasteiger charge is -2.16. The normalized spacial score (nSPS) is 11.1. The van der Waals surface area contributed by atoms with Gasteiger partial charge in [0.1, 0.15) is 0 Å². The topological polar surface area (TPSA) is 30.3 Å². The van der Waals surface area contributed by atoms with Gasteiger partial charge in [0.25, 0.3) is 0 Å². The number of nitrogens with zero attached hydrogens (tertiary/aromatic N) is 3. The molecule has 0 bridgehead atoms. The van der Waals surface area contributed by atoms with Gasteiger partial charge in [-0.1, -0.05) is 6.07 Å². The van der Waals surface area contributed by atoms with Crippen molar-refractivity contribution in [2.45, 2.75) is 13.0 Å². The Hall–Kier alpha value is -1.88. The van der Waals surface area contributed by atoms with Gasteiger partial charge in [0.15, 0.2) is 11.6 Å². The average molecular weight is 277 g/mol. The third kappa shape index (κ3) is 3.81. The molecule has 1 heterocycles. The van der Waals surface area contributed by atoms with Crippen LogP contribution in [-0.2, 0) is 20.0 Å². The molecule has 0 aliphatic rings. The Kier molecular flexibility index (Phi) is 4.74. The number of methoxy groups -OCH3 is 1. The van der Waals surface area contributed by atoms with Crippen molar-refractivity contribution >= 4 is 0 Å². The quantitative estimate of drug-likeness (QED) is 0.811. The summed E-state index contributed by atoms with van der Waals surface area (Å²) in [7, 11) is 5.44. The monoisotopic (exact) mass is 277 g/mol. The van der Waals surface area contributed by atoms with E-state index >= 15 is 0 Å². The predicted molar refractivity (Wildman–Crippen MR) is 76.2 cm³/mol. The van der Waals surface area contributed by atoms with Crippen LogP contribution in [0.25, 0.3) is 0 Å². The van der Waals surface area contributed by atoms with Gasteiger partial charge in [-0.3, -0.25) is 4.68 Å². The summed E-state index contributed by atoms with van der Waals surface area (Å²) in [5.74, 6) is -0.0302. The van der Waals surface area contributed by atoms with Crippen molar-refractivity contribution in [2.24, 2.45) is 7.05 Å². The standard InChI is InChI=1S/C15H20FN3O/c1-18(7-6-13-9-17-19(2)11-13)10-12-4-5-14(16)15(8-12)20-3/h4-5,8-9,11H,6-7,10H2,1-3H3. The smallest absolute Gasteiger partial charge is 0.165 e. The van der Waals surface area contributed by atoms with Crippen molar-refractivity contribution in [3.8, 4) is 5.75 Å². The van der Waals surface area contributed by atoms with Crippen molar-refractivity contribution in [3.05, 3.63) is 47.5 Å². The molecule has 0 aliphatic carbocycles. The first-order chi connectivity index (χ1) is 9.58. The van der Waals surface area contributed by atoms with Crippen LogP contribution >= 0.6 is 0 Å². The number of likely N-dealkylation sites (N-methyl/N-ethyl adjacent to an activating group) is 1. The third-order valence-corrected chi connectivity index (χ3v) is 3.21. The van der Waals surface area contributed by atoms with Gasteiger partial charge in [-0.2, -0.15) is 5.10 Å². The average Bonchev–Trinajstić information content (AvgIpc) is 2.84. The van der Waals surface area contributed by atoms with E-state index in [4.69, 9.17) is 4.74 Å². The first-order valence-electron chi connectivity index (χ1n) is 6.57. The van der Waals surface area contributed by atoms with Gasteiger partial charge in [0.2, 0.25) is 0 Å². The van der Waals surface area contributed by atoms with E-state index < -0.39 is 0 Å². The van der Waals surface area contributed by atoms with Gasteiger partial charge >= 0.3 is 0 Å². The van der Waals surface area contributed by atoms with Gasteiger partial charge < -0.3 is 9.64 Å². The van der Waals surface area contributed by atoms with E-state index in [-0.39, 0.29) is 5.82 Å². The van der Waals surface area contributed by atoms with E-state index in [0.29, 0.717) is 5.75 Å². The molecule has 0 spiro atoms. The Morgan fingerprint density at radius 2 is 2.15 bits per heavy atom. The second-order valence-corrected chi connectivity index (χ2v) is 4.98. The summed E-state index contributed by atoms with van der Waals surface area (Å²) in [5.41, 5.74) is 2.26. The minimum Gasteiger partial charge on any atom is -0.494 e. The minimum absolute atomic E-state index is 0.295. The predicted octanol–water partition coefficient (Wildman–Crippen LogP) is 2.24. The first-order valence-corrected chi connectivity index (χ1v) is 6.57. The number of hydrogen-bond donors (Lipinski definition) is 0. The van der Waals surface area contributed by atoms with Crippen molar-refractivity contribution in [1.82, 2.24) is 14.7 Å². The number of halogens is 1. The molecule has 20 heavy (non-hydrogen) atoms.